The summed E-state index contributed by atoms with van der Waals surface area (Å²) in [7, 11) is 0. The van der Waals surface area contributed by atoms with Crippen LogP contribution in [0.1, 0.15) is 22.8 Å². The number of hydrogen-bond donors (Lipinski definition) is 1. The molecule has 0 aromatic heterocycles. The molecule has 3 nitrogen and oxygen atoms in total. The van der Waals surface area contributed by atoms with E-state index in [-0.39, 0.29) is 5.78 Å². The summed E-state index contributed by atoms with van der Waals surface area (Å²) in [6, 6.07) is 15.1. The number of rotatable bonds is 6. The van der Waals surface area contributed by atoms with Gasteiger partial charge in [-0.3, -0.25) is 4.79 Å². The van der Waals surface area contributed by atoms with Crippen molar-refractivity contribution in [2.24, 2.45) is 0 Å². The summed E-state index contributed by atoms with van der Waals surface area (Å²) in [5.74, 6) is 0.731. The highest BCUT2D eigenvalue weighted by atomic mass is 16.5. The van der Waals surface area contributed by atoms with Crippen LogP contribution in [-0.4, -0.2) is 12.4 Å². The van der Waals surface area contributed by atoms with Crippen molar-refractivity contribution in [3.8, 4) is 5.75 Å². The van der Waals surface area contributed by atoms with Crippen LogP contribution in [-0.2, 0) is 0 Å². The quantitative estimate of drug-likeness (QED) is 0.637. The van der Waals surface area contributed by atoms with Gasteiger partial charge in [0.05, 0.1) is 6.61 Å². The van der Waals surface area contributed by atoms with Gasteiger partial charge in [0.2, 0.25) is 0 Å². The van der Waals surface area contributed by atoms with E-state index in [2.05, 4.69) is 5.32 Å². The highest BCUT2D eigenvalue weighted by Gasteiger charge is 2.01. The number of nitrogens with one attached hydrogen (secondary N) is 1. The zero-order valence-corrected chi connectivity index (χ0v) is 12.3. The Morgan fingerprint density at radius 1 is 1.19 bits per heavy atom. The molecule has 0 aliphatic carbocycles. The van der Waals surface area contributed by atoms with Crippen LogP contribution in [0, 0.1) is 6.92 Å². The van der Waals surface area contributed by atoms with E-state index in [9.17, 15) is 4.79 Å². The van der Waals surface area contributed by atoms with E-state index in [1.54, 1.807) is 30.5 Å². The molecule has 0 saturated heterocycles. The third-order valence-electron chi connectivity index (χ3n) is 2.95. The number of ether oxygens (including phenoxy) is 1. The van der Waals surface area contributed by atoms with E-state index in [1.165, 1.54) is 11.6 Å². The highest BCUT2D eigenvalue weighted by Crippen LogP contribution is 2.13. The van der Waals surface area contributed by atoms with Crippen LogP contribution in [0.2, 0.25) is 0 Å². The van der Waals surface area contributed by atoms with Crippen molar-refractivity contribution < 1.29 is 9.53 Å². The minimum absolute atomic E-state index is 0.0433. The Balaban J connectivity index is 1.95. The molecule has 0 aliphatic rings. The number of hydrogen-bond acceptors (Lipinski definition) is 3. The van der Waals surface area contributed by atoms with Gasteiger partial charge in [0.25, 0.3) is 0 Å². The van der Waals surface area contributed by atoms with E-state index in [0.29, 0.717) is 12.2 Å². The Morgan fingerprint density at radius 3 is 2.62 bits per heavy atom. The van der Waals surface area contributed by atoms with Crippen LogP contribution in [0.15, 0.2) is 60.8 Å². The minimum Gasteiger partial charge on any atom is -0.494 e. The van der Waals surface area contributed by atoms with Crippen molar-refractivity contribution >= 4 is 11.5 Å². The van der Waals surface area contributed by atoms with Gasteiger partial charge in [-0.15, -0.1) is 0 Å². The average Bonchev–Trinajstić information content (AvgIpc) is 2.48. The minimum atomic E-state index is -0.0433. The van der Waals surface area contributed by atoms with Crippen molar-refractivity contribution in [2.75, 3.05) is 11.9 Å². The maximum Gasteiger partial charge on any atom is 0.187 e. The third kappa shape index (κ3) is 4.49. The molecule has 0 atom stereocenters. The maximum atomic E-state index is 12.0. The predicted octanol–water partition coefficient (Wildman–Crippen LogP) is 4.20. The Morgan fingerprint density at radius 2 is 1.95 bits per heavy atom. The van der Waals surface area contributed by atoms with Crippen molar-refractivity contribution in [2.45, 2.75) is 13.8 Å². The first-order chi connectivity index (χ1) is 10.2. The second-order valence-corrected chi connectivity index (χ2v) is 4.67. The second kappa shape index (κ2) is 7.29. The van der Waals surface area contributed by atoms with Crippen LogP contribution < -0.4 is 10.1 Å². The fraction of sp³-hybridized carbons (Fsp3) is 0.167. The number of anilines is 1. The molecule has 0 unspecified atom stereocenters. The van der Waals surface area contributed by atoms with Crippen LogP contribution in [0.25, 0.3) is 0 Å². The zero-order chi connectivity index (χ0) is 15.1. The number of benzene rings is 2. The van der Waals surface area contributed by atoms with Gasteiger partial charge in [0.1, 0.15) is 5.75 Å². The van der Waals surface area contributed by atoms with Gasteiger partial charge in [-0.25, -0.2) is 0 Å². The number of allylic oxidation sites excluding steroid dienone is 1. The summed E-state index contributed by atoms with van der Waals surface area (Å²) in [6.07, 6.45) is 3.19. The molecule has 2 aromatic carbocycles. The summed E-state index contributed by atoms with van der Waals surface area (Å²) in [5.41, 5.74) is 2.78. The number of carbonyl (C=O) groups excluding carboxylic acids is 1. The second-order valence-electron chi connectivity index (χ2n) is 4.67. The molecule has 21 heavy (non-hydrogen) atoms. The smallest absolute Gasteiger partial charge is 0.187 e. The van der Waals surface area contributed by atoms with Gasteiger partial charge in [-0.1, -0.05) is 12.1 Å². The lowest BCUT2D eigenvalue weighted by Crippen LogP contribution is -1.97. The van der Waals surface area contributed by atoms with Crippen molar-refractivity contribution in [1.29, 1.82) is 0 Å². The first kappa shape index (κ1) is 14.9. The first-order valence-corrected chi connectivity index (χ1v) is 6.96. The maximum absolute atomic E-state index is 12.0. The number of carbonyl (C=O) groups is 1. The van der Waals surface area contributed by atoms with E-state index in [4.69, 9.17) is 4.74 Å². The van der Waals surface area contributed by atoms with Crippen LogP contribution in [0.3, 0.4) is 0 Å². The van der Waals surface area contributed by atoms with Gasteiger partial charge in [0, 0.05) is 23.5 Å². The molecular weight excluding hydrogens is 262 g/mol. The van der Waals surface area contributed by atoms with Gasteiger partial charge in [0.15, 0.2) is 5.78 Å². The molecule has 0 heterocycles. The lowest BCUT2D eigenvalue weighted by atomic mass is 10.1. The SMILES string of the molecule is CCOc1ccc(C(=O)/C=C/Nc2cccc(C)c2)cc1. The van der Waals surface area contributed by atoms with Gasteiger partial charge >= 0.3 is 0 Å². The van der Waals surface area contributed by atoms with Crippen LogP contribution in [0.5, 0.6) is 5.75 Å². The van der Waals surface area contributed by atoms with Gasteiger partial charge < -0.3 is 10.1 Å². The zero-order valence-electron chi connectivity index (χ0n) is 12.3. The molecule has 0 radical (unpaired) electrons. The highest BCUT2D eigenvalue weighted by molar-refractivity contribution is 6.04. The number of aryl methyl sites for hydroxylation is 1. The van der Waals surface area contributed by atoms with Crippen LogP contribution in [0.4, 0.5) is 5.69 Å². The van der Waals surface area contributed by atoms with E-state index in [0.717, 1.165) is 11.4 Å². The molecule has 0 spiro atoms. The fourth-order valence-electron chi connectivity index (χ4n) is 1.93. The molecular formula is C18H19NO2. The van der Waals surface area contributed by atoms with Crippen LogP contribution >= 0.6 is 0 Å². The monoisotopic (exact) mass is 281 g/mol. The summed E-state index contributed by atoms with van der Waals surface area (Å²) >= 11 is 0. The molecule has 2 aromatic rings. The summed E-state index contributed by atoms with van der Waals surface area (Å²) in [6.45, 7) is 4.58. The molecule has 3 heteroatoms. The van der Waals surface area contributed by atoms with Gasteiger partial charge in [-0.05, 0) is 55.8 Å². The lowest BCUT2D eigenvalue weighted by Gasteiger charge is -2.03. The standard InChI is InChI=1S/C18H19NO2/c1-3-21-17-9-7-15(8-10-17)18(20)11-12-19-16-6-4-5-14(2)13-16/h4-13,19H,3H2,1-2H3/b12-11+. The molecule has 108 valence electrons. The molecule has 0 bridgehead atoms. The molecule has 1 N–H and O–H groups in total. The van der Waals surface area contributed by atoms with E-state index >= 15 is 0 Å². The Bertz CT molecular complexity index is 630. The topological polar surface area (TPSA) is 38.3 Å². The molecule has 0 fully saturated rings. The van der Waals surface area contributed by atoms with Crippen molar-refractivity contribution in [1.82, 2.24) is 0 Å². The summed E-state index contributed by atoms with van der Waals surface area (Å²) < 4.78 is 5.35. The Hall–Kier alpha value is -2.55. The molecule has 0 aliphatic heterocycles. The Kier molecular flexibility index (Phi) is 5.16. The van der Waals surface area contributed by atoms with Gasteiger partial charge in [-0.2, -0.15) is 0 Å². The molecule has 0 saturated carbocycles. The summed E-state index contributed by atoms with van der Waals surface area (Å²) in [5, 5.41) is 3.09. The Labute approximate surface area is 125 Å². The summed E-state index contributed by atoms with van der Waals surface area (Å²) in [4.78, 5) is 12.0. The van der Waals surface area contributed by atoms with E-state index in [1.807, 2.05) is 38.1 Å². The molecule has 0 amide bonds. The predicted molar refractivity (Wildman–Crippen MR) is 85.9 cm³/mol. The lowest BCUT2D eigenvalue weighted by molar-refractivity contribution is 0.104. The first-order valence-electron chi connectivity index (χ1n) is 6.96. The largest absolute Gasteiger partial charge is 0.494 e. The van der Waals surface area contributed by atoms with Crippen molar-refractivity contribution in [3.63, 3.8) is 0 Å². The van der Waals surface area contributed by atoms with E-state index < -0.39 is 0 Å². The average molecular weight is 281 g/mol. The molecule has 2 rings (SSSR count). The number of ketones is 1. The third-order valence-corrected chi connectivity index (χ3v) is 2.95. The fourth-order valence-corrected chi connectivity index (χ4v) is 1.93. The van der Waals surface area contributed by atoms with Crippen molar-refractivity contribution in [3.05, 3.63) is 71.9 Å². The normalized spacial score (nSPS) is 10.6.